The fourth-order valence-corrected chi connectivity index (χ4v) is 1.70. The molecule has 0 aliphatic heterocycles. The van der Waals surface area contributed by atoms with Crippen molar-refractivity contribution in [2.45, 2.75) is 18.3 Å². The summed E-state index contributed by atoms with van der Waals surface area (Å²) in [5.74, 6) is -0.742. The van der Waals surface area contributed by atoms with E-state index in [1.807, 2.05) is 6.07 Å². The summed E-state index contributed by atoms with van der Waals surface area (Å²) in [6, 6.07) is 4.75. The lowest BCUT2D eigenvalue weighted by atomic mass is 9.95. The Hall–Kier alpha value is -1.76. The molecule has 0 spiro atoms. The van der Waals surface area contributed by atoms with Gasteiger partial charge in [0.25, 0.3) is 0 Å². The molecule has 0 bridgehead atoms. The van der Waals surface area contributed by atoms with Crippen LogP contribution < -0.4 is 4.74 Å². The fraction of sp³-hybridized carbons (Fsp3) is 0.364. The Morgan fingerprint density at radius 1 is 1.53 bits per heavy atom. The number of methoxy groups -OCH3 is 1. The van der Waals surface area contributed by atoms with Crippen molar-refractivity contribution in [1.82, 2.24) is 0 Å². The number of benzene rings is 1. The third-order valence-corrected chi connectivity index (χ3v) is 2.75. The number of nitrogens with zero attached hydrogens (tertiary/aromatic N) is 1. The zero-order valence-corrected chi connectivity index (χ0v) is 8.25. The fourth-order valence-electron chi connectivity index (χ4n) is 1.70. The van der Waals surface area contributed by atoms with E-state index in [9.17, 15) is 9.50 Å². The van der Waals surface area contributed by atoms with Crippen LogP contribution >= 0.6 is 0 Å². The van der Waals surface area contributed by atoms with Crippen molar-refractivity contribution in [2.24, 2.45) is 0 Å². The Morgan fingerprint density at radius 3 is 2.67 bits per heavy atom. The Balaban J connectivity index is 2.61. The lowest BCUT2D eigenvalue weighted by Crippen LogP contribution is -2.07. The number of phenols is 1. The Labute approximate surface area is 86.7 Å². The van der Waals surface area contributed by atoms with E-state index in [1.54, 1.807) is 0 Å². The zero-order valence-electron chi connectivity index (χ0n) is 8.25. The van der Waals surface area contributed by atoms with Gasteiger partial charge in [0.2, 0.25) is 0 Å². The van der Waals surface area contributed by atoms with Gasteiger partial charge < -0.3 is 9.84 Å². The number of phenolic OH excluding ortho intramolecular Hbond substituents is 1. The predicted octanol–water partition coefficient (Wildman–Crippen LogP) is 2.10. The van der Waals surface area contributed by atoms with Crippen molar-refractivity contribution in [2.75, 3.05) is 7.11 Å². The van der Waals surface area contributed by atoms with Crippen molar-refractivity contribution in [3.63, 3.8) is 0 Å². The largest absolute Gasteiger partial charge is 0.507 e. The molecular formula is C11H10FNO2. The molecule has 4 heteroatoms. The topological polar surface area (TPSA) is 53.2 Å². The molecule has 0 aromatic heterocycles. The number of halogens is 1. The molecule has 78 valence electrons. The summed E-state index contributed by atoms with van der Waals surface area (Å²) in [6.07, 6.45) is 1.17. The number of aromatic hydroxyl groups is 1. The summed E-state index contributed by atoms with van der Waals surface area (Å²) in [6.45, 7) is 0. The van der Waals surface area contributed by atoms with E-state index in [-0.39, 0.29) is 17.1 Å². The zero-order chi connectivity index (χ0) is 11.1. The van der Waals surface area contributed by atoms with Crippen LogP contribution in [-0.4, -0.2) is 12.2 Å². The highest BCUT2D eigenvalue weighted by Crippen LogP contribution is 2.52. The molecule has 2 rings (SSSR count). The van der Waals surface area contributed by atoms with Crippen molar-refractivity contribution < 1.29 is 14.2 Å². The van der Waals surface area contributed by atoms with Crippen molar-refractivity contribution in [1.29, 1.82) is 5.26 Å². The molecule has 1 N–H and O–H groups in total. The van der Waals surface area contributed by atoms with Crippen LogP contribution in [0, 0.1) is 17.1 Å². The van der Waals surface area contributed by atoms with E-state index < -0.39 is 11.2 Å². The number of rotatable bonds is 2. The second-order valence-electron chi connectivity index (χ2n) is 3.67. The van der Waals surface area contributed by atoms with Crippen LogP contribution in [0.3, 0.4) is 0 Å². The second kappa shape index (κ2) is 3.13. The number of hydrogen-bond acceptors (Lipinski definition) is 3. The molecule has 1 aromatic rings. The summed E-state index contributed by atoms with van der Waals surface area (Å²) in [5.41, 5.74) is -0.771. The van der Waals surface area contributed by atoms with E-state index in [2.05, 4.69) is 0 Å². The SMILES string of the molecule is COc1ccc(O)c(C2(C#N)CC2)c1F. The first-order chi connectivity index (χ1) is 7.14. The smallest absolute Gasteiger partial charge is 0.173 e. The summed E-state index contributed by atoms with van der Waals surface area (Å²) in [4.78, 5) is 0. The molecule has 0 radical (unpaired) electrons. The third kappa shape index (κ3) is 1.32. The van der Waals surface area contributed by atoms with Crippen LogP contribution in [0.4, 0.5) is 4.39 Å². The van der Waals surface area contributed by atoms with Crippen LogP contribution in [0.15, 0.2) is 12.1 Å². The Kier molecular flexibility index (Phi) is 2.04. The van der Waals surface area contributed by atoms with E-state index in [4.69, 9.17) is 10.00 Å². The number of ether oxygens (including phenoxy) is 1. The van der Waals surface area contributed by atoms with E-state index in [1.165, 1.54) is 19.2 Å². The van der Waals surface area contributed by atoms with Gasteiger partial charge in [0.15, 0.2) is 11.6 Å². The summed E-state index contributed by atoms with van der Waals surface area (Å²) < 4.78 is 18.6. The first-order valence-electron chi connectivity index (χ1n) is 4.62. The van der Waals surface area contributed by atoms with Crippen LogP contribution in [0.1, 0.15) is 18.4 Å². The van der Waals surface area contributed by atoms with Crippen LogP contribution in [-0.2, 0) is 5.41 Å². The molecule has 0 atom stereocenters. The first-order valence-corrected chi connectivity index (χ1v) is 4.62. The minimum absolute atomic E-state index is 0.0596. The highest BCUT2D eigenvalue weighted by molar-refractivity contribution is 5.51. The molecule has 1 aliphatic rings. The molecular weight excluding hydrogens is 197 g/mol. The van der Waals surface area contributed by atoms with E-state index in [0.29, 0.717) is 12.8 Å². The average Bonchev–Trinajstić information content (AvgIpc) is 2.99. The monoisotopic (exact) mass is 207 g/mol. The Bertz CT molecular complexity index is 447. The molecule has 15 heavy (non-hydrogen) atoms. The summed E-state index contributed by atoms with van der Waals surface area (Å²) in [7, 11) is 1.35. The molecule has 0 saturated heterocycles. The quantitative estimate of drug-likeness (QED) is 0.807. The third-order valence-electron chi connectivity index (χ3n) is 2.75. The highest BCUT2D eigenvalue weighted by atomic mass is 19.1. The maximum Gasteiger partial charge on any atom is 0.173 e. The standard InChI is InChI=1S/C11H10FNO2/c1-15-8-3-2-7(14)9(10(8)12)11(6-13)4-5-11/h2-3,14H,4-5H2,1H3. The lowest BCUT2D eigenvalue weighted by Gasteiger charge is -2.12. The molecule has 1 aromatic carbocycles. The number of nitriles is 1. The lowest BCUT2D eigenvalue weighted by molar-refractivity contribution is 0.376. The van der Waals surface area contributed by atoms with Gasteiger partial charge in [0, 0.05) is 0 Å². The maximum atomic E-state index is 13.8. The molecule has 0 heterocycles. The van der Waals surface area contributed by atoms with Gasteiger partial charge in [-0.1, -0.05) is 0 Å². The van der Waals surface area contributed by atoms with Gasteiger partial charge in [-0.05, 0) is 25.0 Å². The first kappa shape index (κ1) is 9.78. The van der Waals surface area contributed by atoms with Crippen molar-refractivity contribution >= 4 is 0 Å². The maximum absolute atomic E-state index is 13.8. The molecule has 3 nitrogen and oxygen atoms in total. The average molecular weight is 207 g/mol. The van der Waals surface area contributed by atoms with E-state index in [0.717, 1.165) is 0 Å². The summed E-state index contributed by atoms with van der Waals surface area (Å²) >= 11 is 0. The molecule has 1 saturated carbocycles. The van der Waals surface area contributed by atoms with Crippen LogP contribution in [0.2, 0.25) is 0 Å². The second-order valence-corrected chi connectivity index (χ2v) is 3.67. The Morgan fingerprint density at radius 2 is 2.20 bits per heavy atom. The molecule has 1 fully saturated rings. The van der Waals surface area contributed by atoms with Crippen LogP contribution in [0.5, 0.6) is 11.5 Å². The van der Waals surface area contributed by atoms with Gasteiger partial charge in [-0.25, -0.2) is 4.39 Å². The highest BCUT2D eigenvalue weighted by Gasteiger charge is 2.49. The van der Waals surface area contributed by atoms with Gasteiger partial charge in [-0.15, -0.1) is 0 Å². The van der Waals surface area contributed by atoms with Gasteiger partial charge in [0.1, 0.15) is 5.75 Å². The molecule has 1 aliphatic carbocycles. The van der Waals surface area contributed by atoms with Crippen LogP contribution in [0.25, 0.3) is 0 Å². The van der Waals surface area contributed by atoms with Crippen molar-refractivity contribution in [3.8, 4) is 17.6 Å². The van der Waals surface area contributed by atoms with Gasteiger partial charge in [-0.3, -0.25) is 0 Å². The van der Waals surface area contributed by atoms with Gasteiger partial charge >= 0.3 is 0 Å². The minimum Gasteiger partial charge on any atom is -0.507 e. The van der Waals surface area contributed by atoms with E-state index >= 15 is 0 Å². The normalized spacial score (nSPS) is 16.9. The predicted molar refractivity (Wildman–Crippen MR) is 51.1 cm³/mol. The minimum atomic E-state index is -0.845. The molecule has 0 unspecified atom stereocenters. The van der Waals surface area contributed by atoms with Crippen molar-refractivity contribution in [3.05, 3.63) is 23.5 Å². The van der Waals surface area contributed by atoms with Gasteiger partial charge in [0.05, 0.1) is 24.2 Å². The molecule has 0 amide bonds. The number of hydrogen-bond donors (Lipinski definition) is 1. The van der Waals surface area contributed by atoms with Gasteiger partial charge in [-0.2, -0.15) is 5.26 Å². The summed E-state index contributed by atoms with van der Waals surface area (Å²) in [5, 5.41) is 18.5.